The second-order valence-corrected chi connectivity index (χ2v) is 5.55. The summed E-state index contributed by atoms with van der Waals surface area (Å²) in [7, 11) is 0. The highest BCUT2D eigenvalue weighted by Gasteiger charge is 2.10. The lowest BCUT2D eigenvalue weighted by Gasteiger charge is -2.15. The van der Waals surface area contributed by atoms with Gasteiger partial charge in [-0.05, 0) is 12.7 Å². The number of nitrogens with zero attached hydrogens (tertiary/aromatic N) is 2. The van der Waals surface area contributed by atoms with Crippen LogP contribution in [0.1, 0.15) is 13.8 Å². The highest BCUT2D eigenvalue weighted by atomic mass is 35.5. The largest absolute Gasteiger partial charge is 0.379 e. The van der Waals surface area contributed by atoms with E-state index in [1.165, 1.54) is 4.68 Å². The molecule has 1 atom stereocenters. The van der Waals surface area contributed by atoms with Crippen molar-refractivity contribution in [2.75, 3.05) is 16.8 Å². The minimum absolute atomic E-state index is 0.181. The Hall–Kier alpha value is -0.940. The van der Waals surface area contributed by atoms with Crippen LogP contribution in [0.4, 0.5) is 5.69 Å². The number of allylic oxidation sites excluding steroid dienone is 1. The van der Waals surface area contributed by atoms with Crippen LogP contribution in [0.25, 0.3) is 0 Å². The van der Waals surface area contributed by atoms with Crippen molar-refractivity contribution in [2.24, 2.45) is 0 Å². The fraction of sp³-hybridized carbons (Fsp3) is 0.500. The molecule has 1 aromatic heterocycles. The molecule has 1 aromatic rings. The lowest BCUT2D eigenvalue weighted by Crippen LogP contribution is -2.26. The van der Waals surface area contributed by atoms with E-state index in [2.05, 4.69) is 23.9 Å². The predicted molar refractivity (Wildman–Crippen MR) is 79.8 cm³/mol. The van der Waals surface area contributed by atoms with Gasteiger partial charge in [-0.15, -0.1) is 6.58 Å². The van der Waals surface area contributed by atoms with Crippen molar-refractivity contribution < 1.29 is 0 Å². The lowest BCUT2D eigenvalue weighted by atomic mass is 10.3. The van der Waals surface area contributed by atoms with E-state index in [4.69, 9.17) is 11.6 Å². The van der Waals surface area contributed by atoms with Crippen LogP contribution in [0, 0.1) is 0 Å². The molecule has 18 heavy (non-hydrogen) atoms. The van der Waals surface area contributed by atoms with Crippen LogP contribution in [-0.2, 0) is 6.54 Å². The van der Waals surface area contributed by atoms with E-state index < -0.39 is 0 Å². The first-order valence-corrected chi connectivity index (χ1v) is 7.34. The summed E-state index contributed by atoms with van der Waals surface area (Å²) >= 11 is 7.87. The number of thioether (sulfide) groups is 1. The molecule has 0 amide bonds. The number of nitrogens with one attached hydrogen (secondary N) is 1. The van der Waals surface area contributed by atoms with Crippen LogP contribution in [0.5, 0.6) is 0 Å². The molecule has 0 radical (unpaired) electrons. The Morgan fingerprint density at radius 1 is 1.72 bits per heavy atom. The van der Waals surface area contributed by atoms with E-state index in [0.29, 0.717) is 12.2 Å². The maximum Gasteiger partial charge on any atom is 0.287 e. The van der Waals surface area contributed by atoms with E-state index in [-0.39, 0.29) is 16.6 Å². The molecular formula is C12H18ClN3OS. The summed E-state index contributed by atoms with van der Waals surface area (Å²) in [5.74, 6) is 2.03. The smallest absolute Gasteiger partial charge is 0.287 e. The average Bonchev–Trinajstić information content (AvgIpc) is 2.36. The van der Waals surface area contributed by atoms with Crippen molar-refractivity contribution in [2.45, 2.75) is 26.4 Å². The van der Waals surface area contributed by atoms with Crippen LogP contribution < -0.4 is 10.9 Å². The molecule has 4 nitrogen and oxygen atoms in total. The van der Waals surface area contributed by atoms with Crippen molar-refractivity contribution in [3.05, 3.63) is 34.2 Å². The molecule has 1 N–H and O–H groups in total. The summed E-state index contributed by atoms with van der Waals surface area (Å²) in [5, 5.41) is 7.42. The molecule has 1 unspecified atom stereocenters. The van der Waals surface area contributed by atoms with Crippen molar-refractivity contribution >= 4 is 29.1 Å². The Morgan fingerprint density at radius 2 is 2.44 bits per heavy atom. The molecule has 0 saturated heterocycles. The molecule has 0 bridgehead atoms. The first-order chi connectivity index (χ1) is 8.60. The zero-order valence-electron chi connectivity index (χ0n) is 10.6. The molecule has 100 valence electrons. The highest BCUT2D eigenvalue weighted by Crippen LogP contribution is 2.17. The van der Waals surface area contributed by atoms with Crippen molar-refractivity contribution in [1.82, 2.24) is 9.78 Å². The molecule has 0 aliphatic rings. The van der Waals surface area contributed by atoms with Gasteiger partial charge in [-0.25, -0.2) is 4.68 Å². The Kier molecular flexibility index (Phi) is 6.29. The summed E-state index contributed by atoms with van der Waals surface area (Å²) < 4.78 is 1.28. The summed E-state index contributed by atoms with van der Waals surface area (Å²) in [6.45, 7) is 8.09. The van der Waals surface area contributed by atoms with Gasteiger partial charge >= 0.3 is 0 Å². The van der Waals surface area contributed by atoms with Crippen LogP contribution in [0.3, 0.4) is 0 Å². The third-order valence-electron chi connectivity index (χ3n) is 2.26. The van der Waals surface area contributed by atoms with Gasteiger partial charge in [0.15, 0.2) is 0 Å². The molecule has 0 aliphatic carbocycles. The zero-order valence-corrected chi connectivity index (χ0v) is 12.2. The van der Waals surface area contributed by atoms with E-state index in [1.54, 1.807) is 12.3 Å². The highest BCUT2D eigenvalue weighted by molar-refractivity contribution is 7.99. The Balaban J connectivity index is 2.82. The summed E-state index contributed by atoms with van der Waals surface area (Å²) in [4.78, 5) is 11.9. The summed E-state index contributed by atoms with van der Waals surface area (Å²) in [6.07, 6.45) is 3.19. The maximum absolute atomic E-state index is 11.9. The van der Waals surface area contributed by atoms with E-state index >= 15 is 0 Å². The van der Waals surface area contributed by atoms with Gasteiger partial charge in [0.05, 0.1) is 18.4 Å². The number of hydrogen-bond donors (Lipinski definition) is 1. The van der Waals surface area contributed by atoms with Crippen LogP contribution >= 0.6 is 23.4 Å². The molecule has 1 rings (SSSR count). The van der Waals surface area contributed by atoms with Gasteiger partial charge in [-0.2, -0.15) is 16.9 Å². The number of aromatic nitrogens is 2. The molecule has 0 fully saturated rings. The van der Waals surface area contributed by atoms with Crippen LogP contribution in [0.15, 0.2) is 23.6 Å². The molecule has 6 heteroatoms. The fourth-order valence-corrected chi connectivity index (χ4v) is 2.29. The maximum atomic E-state index is 11.9. The minimum atomic E-state index is -0.295. The van der Waals surface area contributed by atoms with Crippen molar-refractivity contribution in [3.8, 4) is 0 Å². The van der Waals surface area contributed by atoms with Crippen molar-refractivity contribution in [3.63, 3.8) is 0 Å². The molecule has 0 spiro atoms. The standard InChI is InChI=1S/C12H18ClN3OS/c1-4-6-16-12(17)11(13)10(7-14-16)15-9(3)8-18-5-2/h4,7,9,15H,1,5-6,8H2,2-3H3. The quantitative estimate of drug-likeness (QED) is 0.783. The molecule has 1 heterocycles. The van der Waals surface area contributed by atoms with E-state index in [0.717, 1.165) is 11.5 Å². The van der Waals surface area contributed by atoms with Gasteiger partial charge in [0.2, 0.25) is 0 Å². The second-order valence-electron chi connectivity index (χ2n) is 3.85. The number of halogens is 1. The third-order valence-corrected chi connectivity index (χ3v) is 3.77. The average molecular weight is 288 g/mol. The predicted octanol–water partition coefficient (Wildman–Crippen LogP) is 2.64. The van der Waals surface area contributed by atoms with Crippen LogP contribution in [-0.4, -0.2) is 27.3 Å². The van der Waals surface area contributed by atoms with Crippen molar-refractivity contribution in [1.29, 1.82) is 0 Å². The Bertz CT molecular complexity index is 461. The number of rotatable bonds is 7. The van der Waals surface area contributed by atoms with E-state index in [1.807, 2.05) is 18.7 Å². The monoisotopic (exact) mass is 287 g/mol. The van der Waals surface area contributed by atoms with Gasteiger partial charge in [0.25, 0.3) is 5.56 Å². The first-order valence-electron chi connectivity index (χ1n) is 5.81. The van der Waals surface area contributed by atoms with Crippen LogP contribution in [0.2, 0.25) is 5.02 Å². The Morgan fingerprint density at radius 3 is 3.06 bits per heavy atom. The van der Waals surface area contributed by atoms with Gasteiger partial charge in [0, 0.05) is 11.8 Å². The zero-order chi connectivity index (χ0) is 13.5. The normalized spacial score (nSPS) is 12.2. The van der Waals surface area contributed by atoms with Gasteiger partial charge in [0.1, 0.15) is 5.02 Å². The molecule has 0 aromatic carbocycles. The SMILES string of the molecule is C=CCn1ncc(NC(C)CSCC)c(Cl)c1=O. The fourth-order valence-electron chi connectivity index (χ4n) is 1.42. The van der Waals surface area contributed by atoms with Gasteiger partial charge in [-0.3, -0.25) is 4.79 Å². The molecule has 0 aliphatic heterocycles. The topological polar surface area (TPSA) is 46.9 Å². The van der Waals surface area contributed by atoms with Gasteiger partial charge < -0.3 is 5.32 Å². The number of hydrogen-bond acceptors (Lipinski definition) is 4. The number of anilines is 1. The summed E-state index contributed by atoms with van der Waals surface area (Å²) in [5.41, 5.74) is 0.295. The molecule has 0 saturated carbocycles. The molecular weight excluding hydrogens is 270 g/mol. The lowest BCUT2D eigenvalue weighted by molar-refractivity contribution is 0.652. The summed E-state index contributed by atoms with van der Waals surface area (Å²) in [6, 6.07) is 0.240. The Labute approximate surface area is 116 Å². The second kappa shape index (κ2) is 7.48. The minimum Gasteiger partial charge on any atom is -0.379 e. The van der Waals surface area contributed by atoms with Gasteiger partial charge in [-0.1, -0.05) is 24.6 Å². The third kappa shape index (κ3) is 4.07. The first kappa shape index (κ1) is 15.1. The van der Waals surface area contributed by atoms with E-state index in [9.17, 15) is 4.79 Å².